The molecule has 0 fully saturated rings. The van der Waals surface area contributed by atoms with Gasteiger partial charge in [0.25, 0.3) is 5.91 Å². The lowest BCUT2D eigenvalue weighted by Crippen LogP contribution is -2.14. The molecule has 0 atom stereocenters. The number of rotatable bonds is 4. The number of aromatic amines is 1. The molecular formula is C18H18N4O4S. The number of hydrogen-bond acceptors (Lipinski definition) is 5. The minimum atomic E-state index is -3.79. The first-order valence-electron chi connectivity index (χ1n) is 7.95. The Kier molecular flexibility index (Phi) is 4.73. The molecule has 1 heterocycles. The van der Waals surface area contributed by atoms with Gasteiger partial charge >= 0.3 is 0 Å². The van der Waals surface area contributed by atoms with Gasteiger partial charge in [0.05, 0.1) is 10.6 Å². The third-order valence-corrected chi connectivity index (χ3v) is 4.91. The van der Waals surface area contributed by atoms with Gasteiger partial charge in [-0.1, -0.05) is 6.07 Å². The molecule has 0 bridgehead atoms. The summed E-state index contributed by atoms with van der Waals surface area (Å²) < 4.78 is 22.5. The highest BCUT2D eigenvalue weighted by atomic mass is 32.2. The van der Waals surface area contributed by atoms with Crippen molar-refractivity contribution in [2.24, 2.45) is 5.14 Å². The van der Waals surface area contributed by atoms with Gasteiger partial charge in [-0.25, -0.2) is 13.6 Å². The van der Waals surface area contributed by atoms with Gasteiger partial charge in [-0.05, 0) is 61.4 Å². The van der Waals surface area contributed by atoms with Gasteiger partial charge in [0.15, 0.2) is 0 Å². The molecule has 5 N–H and O–H groups in total. The lowest BCUT2D eigenvalue weighted by Gasteiger charge is -2.07. The van der Waals surface area contributed by atoms with Crippen LogP contribution >= 0.6 is 0 Å². The molecule has 0 aliphatic rings. The van der Waals surface area contributed by atoms with E-state index in [9.17, 15) is 18.3 Å². The highest BCUT2D eigenvalue weighted by molar-refractivity contribution is 7.89. The molecule has 0 saturated heterocycles. The fourth-order valence-electron chi connectivity index (χ4n) is 2.77. The highest BCUT2D eigenvalue weighted by Gasteiger charge is 2.16. The zero-order chi connectivity index (χ0) is 19.8. The van der Waals surface area contributed by atoms with Crippen LogP contribution in [0.25, 0.3) is 11.3 Å². The first kappa shape index (κ1) is 18.6. The van der Waals surface area contributed by atoms with E-state index in [-0.39, 0.29) is 16.3 Å². The molecule has 0 saturated carbocycles. The van der Waals surface area contributed by atoms with Crippen LogP contribution in [0.2, 0.25) is 0 Å². The molecule has 0 aliphatic heterocycles. The minimum Gasteiger partial charge on any atom is -0.507 e. The Morgan fingerprint density at radius 2 is 1.81 bits per heavy atom. The maximum absolute atomic E-state index is 12.4. The minimum absolute atomic E-state index is 0.0466. The molecule has 9 heteroatoms. The Hall–Kier alpha value is -3.17. The summed E-state index contributed by atoms with van der Waals surface area (Å²) in [6.45, 7) is 3.73. The van der Waals surface area contributed by atoms with E-state index in [0.717, 1.165) is 11.1 Å². The number of sulfonamides is 1. The van der Waals surface area contributed by atoms with Gasteiger partial charge in [-0.3, -0.25) is 9.89 Å². The second-order valence-electron chi connectivity index (χ2n) is 6.17. The van der Waals surface area contributed by atoms with Crippen molar-refractivity contribution in [2.45, 2.75) is 18.7 Å². The molecule has 0 unspecified atom stereocenters. The van der Waals surface area contributed by atoms with E-state index in [1.165, 1.54) is 30.3 Å². The lowest BCUT2D eigenvalue weighted by atomic mass is 10.0. The first-order valence-corrected chi connectivity index (χ1v) is 9.50. The Morgan fingerprint density at radius 1 is 1.15 bits per heavy atom. The van der Waals surface area contributed by atoms with Crippen molar-refractivity contribution in [3.05, 3.63) is 59.3 Å². The summed E-state index contributed by atoms with van der Waals surface area (Å²) in [6.07, 6.45) is 0. The number of nitrogens with one attached hydrogen (secondary N) is 2. The van der Waals surface area contributed by atoms with Gasteiger partial charge in [0.2, 0.25) is 10.0 Å². The van der Waals surface area contributed by atoms with Gasteiger partial charge in [-0.2, -0.15) is 5.10 Å². The van der Waals surface area contributed by atoms with E-state index in [1.54, 1.807) is 6.07 Å². The van der Waals surface area contributed by atoms with Crippen molar-refractivity contribution in [1.29, 1.82) is 0 Å². The molecule has 0 radical (unpaired) electrons. The van der Waals surface area contributed by atoms with E-state index in [0.29, 0.717) is 16.9 Å². The number of carbonyl (C=O) groups excluding carboxylic acids is 1. The molecule has 1 amide bonds. The van der Waals surface area contributed by atoms with Crippen LogP contribution in [0.1, 0.15) is 21.6 Å². The first-order chi connectivity index (χ1) is 12.6. The van der Waals surface area contributed by atoms with Crippen molar-refractivity contribution >= 4 is 21.6 Å². The van der Waals surface area contributed by atoms with E-state index in [1.807, 2.05) is 19.9 Å². The molecule has 1 aromatic heterocycles. The second kappa shape index (κ2) is 6.86. The van der Waals surface area contributed by atoms with Crippen molar-refractivity contribution in [1.82, 2.24) is 10.2 Å². The Bertz CT molecular complexity index is 1100. The molecule has 2 aromatic carbocycles. The predicted octanol–water partition coefficient (Wildman–Crippen LogP) is 2.30. The summed E-state index contributed by atoms with van der Waals surface area (Å²) in [5.74, 6) is -0.370. The maximum atomic E-state index is 12.4. The Balaban J connectivity index is 1.82. The molecule has 27 heavy (non-hydrogen) atoms. The second-order valence-corrected chi connectivity index (χ2v) is 7.73. The van der Waals surface area contributed by atoms with Crippen molar-refractivity contribution in [3.8, 4) is 17.0 Å². The molecule has 3 rings (SSSR count). The number of aromatic nitrogens is 2. The van der Waals surface area contributed by atoms with Crippen molar-refractivity contribution < 1.29 is 18.3 Å². The van der Waals surface area contributed by atoms with Crippen molar-refractivity contribution in [3.63, 3.8) is 0 Å². The number of primary sulfonamides is 1. The molecule has 140 valence electrons. The number of aromatic hydroxyl groups is 1. The number of phenolic OH excluding ortho intramolecular Hbond substituents is 1. The van der Waals surface area contributed by atoms with Gasteiger partial charge in [0.1, 0.15) is 11.4 Å². The van der Waals surface area contributed by atoms with Gasteiger partial charge in [0, 0.05) is 11.3 Å². The largest absolute Gasteiger partial charge is 0.507 e. The van der Waals surface area contributed by atoms with Crippen LogP contribution in [0.5, 0.6) is 5.75 Å². The van der Waals surface area contributed by atoms with Crippen LogP contribution < -0.4 is 10.5 Å². The zero-order valence-corrected chi connectivity index (χ0v) is 15.5. The normalized spacial score (nSPS) is 11.4. The number of nitrogens with zero attached hydrogens (tertiary/aromatic N) is 1. The van der Waals surface area contributed by atoms with Crippen LogP contribution in [0.3, 0.4) is 0 Å². The van der Waals surface area contributed by atoms with E-state index in [4.69, 9.17) is 5.14 Å². The average Bonchev–Trinajstić information content (AvgIpc) is 3.03. The highest BCUT2D eigenvalue weighted by Crippen LogP contribution is 2.32. The van der Waals surface area contributed by atoms with E-state index in [2.05, 4.69) is 15.5 Å². The number of nitrogens with two attached hydrogens (primary N) is 1. The number of benzene rings is 2. The number of amides is 1. The number of anilines is 1. The molecular weight excluding hydrogens is 368 g/mol. The Morgan fingerprint density at radius 3 is 2.41 bits per heavy atom. The summed E-state index contributed by atoms with van der Waals surface area (Å²) in [4.78, 5) is 12.3. The Labute approximate surface area is 156 Å². The fraction of sp³-hybridized carbons (Fsp3) is 0.111. The van der Waals surface area contributed by atoms with Crippen LogP contribution in [-0.2, 0) is 10.0 Å². The molecule has 0 spiro atoms. The molecule has 0 aliphatic carbocycles. The number of H-pyrrole nitrogens is 1. The maximum Gasteiger partial charge on any atom is 0.273 e. The SMILES string of the molecule is Cc1cc(C)c(-c2cc(C(=O)Nc3ccc(S(N)(=O)=O)cc3)[nH]n2)c(O)c1. The summed E-state index contributed by atoms with van der Waals surface area (Å²) in [5, 5.41) is 24.6. The predicted molar refractivity (Wildman–Crippen MR) is 101 cm³/mol. The van der Waals surface area contributed by atoms with Crippen LogP contribution in [-0.4, -0.2) is 29.6 Å². The van der Waals surface area contributed by atoms with Gasteiger partial charge < -0.3 is 10.4 Å². The van der Waals surface area contributed by atoms with E-state index < -0.39 is 15.9 Å². The summed E-state index contributed by atoms with van der Waals surface area (Å²) in [6, 6.07) is 10.6. The summed E-state index contributed by atoms with van der Waals surface area (Å²) in [5.41, 5.74) is 3.35. The fourth-order valence-corrected chi connectivity index (χ4v) is 3.29. The van der Waals surface area contributed by atoms with Crippen LogP contribution in [0.15, 0.2) is 47.4 Å². The summed E-state index contributed by atoms with van der Waals surface area (Å²) in [7, 11) is -3.79. The number of aryl methyl sites for hydroxylation is 2. The van der Waals surface area contributed by atoms with Crippen LogP contribution in [0.4, 0.5) is 5.69 Å². The van der Waals surface area contributed by atoms with Crippen LogP contribution in [0, 0.1) is 13.8 Å². The number of phenols is 1. The topological polar surface area (TPSA) is 138 Å². The van der Waals surface area contributed by atoms with Gasteiger partial charge in [-0.15, -0.1) is 0 Å². The smallest absolute Gasteiger partial charge is 0.273 e. The monoisotopic (exact) mass is 386 g/mol. The number of hydrogen-bond donors (Lipinski definition) is 4. The molecule has 3 aromatic rings. The average molecular weight is 386 g/mol. The van der Waals surface area contributed by atoms with E-state index >= 15 is 0 Å². The lowest BCUT2D eigenvalue weighted by molar-refractivity contribution is 0.102. The standard InChI is InChI=1S/C18H18N4O4S/c1-10-7-11(2)17(16(23)8-10)14-9-15(22-21-14)18(24)20-12-3-5-13(6-4-12)27(19,25)26/h3-9,23H,1-2H3,(H,20,24)(H,21,22)(H2,19,25,26). The van der Waals surface area contributed by atoms with Crippen molar-refractivity contribution in [2.75, 3.05) is 5.32 Å². The third-order valence-electron chi connectivity index (χ3n) is 3.98. The third kappa shape index (κ3) is 3.99. The quantitative estimate of drug-likeness (QED) is 0.545. The summed E-state index contributed by atoms with van der Waals surface area (Å²) >= 11 is 0. The number of carbonyl (C=O) groups is 1. The molecule has 8 nitrogen and oxygen atoms in total. The zero-order valence-electron chi connectivity index (χ0n) is 14.6.